The summed E-state index contributed by atoms with van der Waals surface area (Å²) in [5, 5.41) is 3.25. The van der Waals surface area contributed by atoms with Crippen molar-refractivity contribution in [1.82, 2.24) is 25.2 Å². The highest BCUT2D eigenvalue weighted by Gasteiger charge is 2.42. The van der Waals surface area contributed by atoms with Crippen LogP contribution in [0.2, 0.25) is 0 Å². The first-order valence-electron chi connectivity index (χ1n) is 12.4. The number of ether oxygens (including phenoxy) is 4. The Bertz CT molecular complexity index is 1080. The van der Waals surface area contributed by atoms with Crippen molar-refractivity contribution < 1.29 is 36.9 Å². The maximum atomic E-state index is 12.7. The number of likely N-dealkylation sites (tertiary alicyclic amines) is 1. The Morgan fingerprint density at radius 1 is 1.13 bits per heavy atom. The van der Waals surface area contributed by atoms with E-state index in [-0.39, 0.29) is 31.2 Å². The number of alkyl halides is 3. The van der Waals surface area contributed by atoms with Crippen molar-refractivity contribution in [2.45, 2.75) is 38.1 Å². The highest BCUT2D eigenvalue weighted by atomic mass is 19.4. The summed E-state index contributed by atoms with van der Waals surface area (Å²) in [6, 6.07) is 3.49. The van der Waals surface area contributed by atoms with Gasteiger partial charge in [-0.2, -0.15) is 18.2 Å². The summed E-state index contributed by atoms with van der Waals surface area (Å²) in [5.41, 5.74) is 0. The van der Waals surface area contributed by atoms with Crippen LogP contribution in [0.4, 0.5) is 19.0 Å². The van der Waals surface area contributed by atoms with Gasteiger partial charge in [-0.15, -0.1) is 0 Å². The van der Waals surface area contributed by atoms with E-state index >= 15 is 0 Å². The molecule has 14 heteroatoms. The van der Waals surface area contributed by atoms with Gasteiger partial charge in [-0.1, -0.05) is 0 Å². The Balaban J connectivity index is 1.41. The number of piperidine rings is 1. The molecule has 2 aliphatic rings. The standard InChI is InChI=1S/C24H31F3N6O5/c1-16-14-28-8-11-33(16)20-22(31-19(15-30-20)38-23(34)24(25,26)27)36-13-12-35-18-4-3-7-29-21(18)37-17-5-9-32(2)10-6-17/h3-4,7,15-17,28H,5-6,8-14H2,1-2H3/t16-/m1/s1. The average Bonchev–Trinajstić information content (AvgIpc) is 2.89. The van der Waals surface area contributed by atoms with Crippen molar-refractivity contribution in [1.29, 1.82) is 0 Å². The van der Waals surface area contributed by atoms with Crippen LogP contribution >= 0.6 is 0 Å². The number of hydrogen-bond acceptors (Lipinski definition) is 11. The van der Waals surface area contributed by atoms with Gasteiger partial charge in [0.2, 0.25) is 5.88 Å². The molecule has 2 aromatic heterocycles. The maximum absolute atomic E-state index is 12.7. The molecule has 0 bridgehead atoms. The number of carbonyl (C=O) groups is 1. The van der Waals surface area contributed by atoms with E-state index in [1.807, 2.05) is 11.8 Å². The minimum atomic E-state index is -5.17. The van der Waals surface area contributed by atoms with Crippen molar-refractivity contribution in [3.63, 3.8) is 0 Å². The van der Waals surface area contributed by atoms with E-state index in [9.17, 15) is 18.0 Å². The number of anilines is 1. The molecule has 4 heterocycles. The van der Waals surface area contributed by atoms with Gasteiger partial charge in [-0.25, -0.2) is 14.8 Å². The van der Waals surface area contributed by atoms with Crippen LogP contribution in [0.25, 0.3) is 0 Å². The van der Waals surface area contributed by atoms with Crippen molar-refractivity contribution in [3.8, 4) is 23.4 Å². The lowest BCUT2D eigenvalue weighted by atomic mass is 10.1. The molecule has 0 unspecified atom stereocenters. The summed E-state index contributed by atoms with van der Waals surface area (Å²) in [7, 11) is 2.07. The number of nitrogens with one attached hydrogen (secondary N) is 1. The zero-order valence-corrected chi connectivity index (χ0v) is 21.2. The monoisotopic (exact) mass is 540 g/mol. The van der Waals surface area contributed by atoms with E-state index in [1.165, 1.54) is 0 Å². The molecule has 2 aliphatic heterocycles. The summed E-state index contributed by atoms with van der Waals surface area (Å²) < 4.78 is 60.0. The molecule has 0 radical (unpaired) electrons. The van der Waals surface area contributed by atoms with Gasteiger partial charge >= 0.3 is 12.1 Å². The number of halogens is 3. The number of piperazine rings is 1. The van der Waals surface area contributed by atoms with Crippen LogP contribution in [0.5, 0.6) is 23.4 Å². The number of pyridine rings is 1. The van der Waals surface area contributed by atoms with E-state index in [0.29, 0.717) is 37.1 Å². The number of rotatable bonds is 9. The second-order valence-electron chi connectivity index (χ2n) is 9.09. The third-order valence-electron chi connectivity index (χ3n) is 6.16. The molecule has 0 saturated carbocycles. The lowest BCUT2D eigenvalue weighted by Crippen LogP contribution is -2.50. The fraction of sp³-hybridized carbons (Fsp3) is 0.583. The molecule has 0 aromatic carbocycles. The van der Waals surface area contributed by atoms with Gasteiger partial charge < -0.3 is 34.1 Å². The summed E-state index contributed by atoms with van der Waals surface area (Å²) >= 11 is 0. The van der Waals surface area contributed by atoms with E-state index in [0.717, 1.165) is 32.1 Å². The molecule has 208 valence electrons. The fourth-order valence-corrected chi connectivity index (χ4v) is 4.13. The number of aromatic nitrogens is 3. The number of esters is 1. The summed E-state index contributed by atoms with van der Waals surface area (Å²) in [6.45, 7) is 5.84. The van der Waals surface area contributed by atoms with Crippen LogP contribution in [0.3, 0.4) is 0 Å². The van der Waals surface area contributed by atoms with Crippen LogP contribution in [0.1, 0.15) is 19.8 Å². The van der Waals surface area contributed by atoms with Crippen LogP contribution in [-0.2, 0) is 4.79 Å². The topological polar surface area (TPSA) is 111 Å². The molecular weight excluding hydrogens is 509 g/mol. The molecule has 4 rings (SSSR count). The van der Waals surface area contributed by atoms with Gasteiger partial charge in [0.15, 0.2) is 11.6 Å². The molecule has 1 N–H and O–H groups in total. The lowest BCUT2D eigenvalue weighted by molar-refractivity contribution is -0.190. The highest BCUT2D eigenvalue weighted by Crippen LogP contribution is 2.30. The quantitative estimate of drug-likeness (QED) is 0.373. The average molecular weight is 541 g/mol. The first-order valence-corrected chi connectivity index (χ1v) is 12.4. The second kappa shape index (κ2) is 12.4. The highest BCUT2D eigenvalue weighted by molar-refractivity contribution is 5.77. The second-order valence-corrected chi connectivity index (χ2v) is 9.09. The molecule has 1 atom stereocenters. The fourth-order valence-electron chi connectivity index (χ4n) is 4.13. The van der Waals surface area contributed by atoms with Gasteiger partial charge in [0.05, 0.1) is 6.20 Å². The van der Waals surface area contributed by atoms with E-state index < -0.39 is 18.0 Å². The minimum Gasteiger partial charge on any atom is -0.484 e. The number of nitrogens with zero attached hydrogens (tertiary/aromatic N) is 5. The zero-order chi connectivity index (χ0) is 27.1. The minimum absolute atomic E-state index is 0.0125. The molecule has 0 spiro atoms. The normalized spacial score (nSPS) is 19.2. The third-order valence-corrected chi connectivity index (χ3v) is 6.16. The summed E-state index contributed by atoms with van der Waals surface area (Å²) in [5.74, 6) is -1.90. The molecule has 0 aliphatic carbocycles. The van der Waals surface area contributed by atoms with Gasteiger partial charge in [0.25, 0.3) is 11.8 Å². The summed E-state index contributed by atoms with van der Waals surface area (Å²) in [4.78, 5) is 27.9. The molecule has 2 saturated heterocycles. The molecule has 2 aromatic rings. The van der Waals surface area contributed by atoms with Crippen LogP contribution in [-0.4, -0.2) is 97.1 Å². The smallest absolute Gasteiger partial charge is 0.484 e. The van der Waals surface area contributed by atoms with Gasteiger partial charge in [-0.05, 0) is 38.9 Å². The third kappa shape index (κ3) is 7.34. The zero-order valence-electron chi connectivity index (χ0n) is 21.2. The Labute approximate surface area is 218 Å². The molecular formula is C24H31F3N6O5. The van der Waals surface area contributed by atoms with Crippen molar-refractivity contribution >= 4 is 11.8 Å². The molecule has 2 fully saturated rings. The molecule has 0 amide bonds. The van der Waals surface area contributed by atoms with Gasteiger partial charge in [0.1, 0.15) is 19.3 Å². The van der Waals surface area contributed by atoms with Gasteiger partial charge in [0, 0.05) is 45.0 Å². The predicted octanol–water partition coefficient (Wildman–Crippen LogP) is 2.07. The number of carbonyl (C=O) groups excluding carboxylic acids is 1. The largest absolute Gasteiger partial charge is 0.491 e. The Morgan fingerprint density at radius 3 is 2.63 bits per heavy atom. The van der Waals surface area contributed by atoms with Gasteiger partial charge in [-0.3, -0.25) is 0 Å². The molecule has 11 nitrogen and oxygen atoms in total. The van der Waals surface area contributed by atoms with E-state index in [4.69, 9.17) is 14.2 Å². The Hall–Kier alpha value is -3.39. The van der Waals surface area contributed by atoms with Crippen molar-refractivity contribution in [3.05, 3.63) is 24.5 Å². The first kappa shape index (κ1) is 27.6. The van der Waals surface area contributed by atoms with E-state index in [2.05, 4.69) is 37.0 Å². The van der Waals surface area contributed by atoms with Crippen molar-refractivity contribution in [2.24, 2.45) is 0 Å². The maximum Gasteiger partial charge on any atom is 0.491 e. The van der Waals surface area contributed by atoms with Crippen LogP contribution in [0, 0.1) is 0 Å². The number of hydrogen-bond donors (Lipinski definition) is 1. The predicted molar refractivity (Wildman–Crippen MR) is 130 cm³/mol. The SMILES string of the molecule is C[C@@H]1CNCCN1c1ncc(OC(=O)C(F)(F)F)nc1OCCOc1cccnc1OC1CCN(C)CC1. The van der Waals surface area contributed by atoms with Crippen molar-refractivity contribution in [2.75, 3.05) is 57.9 Å². The molecule has 38 heavy (non-hydrogen) atoms. The van der Waals surface area contributed by atoms with Crippen LogP contribution < -0.4 is 29.2 Å². The lowest BCUT2D eigenvalue weighted by Gasteiger charge is -2.35. The first-order chi connectivity index (χ1) is 18.2. The van der Waals surface area contributed by atoms with E-state index in [1.54, 1.807) is 18.3 Å². The Morgan fingerprint density at radius 2 is 1.89 bits per heavy atom. The summed E-state index contributed by atoms with van der Waals surface area (Å²) in [6.07, 6.45) is -0.759. The van der Waals surface area contributed by atoms with Crippen LogP contribution in [0.15, 0.2) is 24.5 Å². The Kier molecular flexibility index (Phi) is 9.05.